The van der Waals surface area contributed by atoms with E-state index in [9.17, 15) is 8.78 Å². The fourth-order valence-electron chi connectivity index (χ4n) is 1.02. The lowest BCUT2D eigenvalue weighted by Crippen LogP contribution is -2.05. The van der Waals surface area contributed by atoms with E-state index in [0.717, 1.165) is 5.56 Å². The number of hydrogen-bond acceptors (Lipinski definition) is 2. The Morgan fingerprint density at radius 2 is 2.00 bits per heavy atom. The van der Waals surface area contributed by atoms with Gasteiger partial charge in [-0.3, -0.25) is 0 Å². The van der Waals surface area contributed by atoms with Gasteiger partial charge < -0.3 is 10.5 Å². The van der Waals surface area contributed by atoms with Gasteiger partial charge in [-0.2, -0.15) is 8.78 Å². The molecule has 0 bridgehead atoms. The van der Waals surface area contributed by atoms with Crippen molar-refractivity contribution in [2.24, 2.45) is 0 Å². The summed E-state index contributed by atoms with van der Waals surface area (Å²) in [5, 5.41) is 0. The number of ether oxygens (including phenoxy) is 1. The van der Waals surface area contributed by atoms with Gasteiger partial charge >= 0.3 is 6.61 Å². The van der Waals surface area contributed by atoms with Gasteiger partial charge in [-0.25, -0.2) is 0 Å². The van der Waals surface area contributed by atoms with Crippen LogP contribution in [0.3, 0.4) is 0 Å². The molecule has 0 radical (unpaired) electrons. The molecule has 4 heteroatoms. The zero-order valence-electron chi connectivity index (χ0n) is 7.04. The molecule has 1 rings (SSSR count). The second-order valence-electron chi connectivity index (χ2n) is 2.58. The maximum Gasteiger partial charge on any atom is 0.345 e. The van der Waals surface area contributed by atoms with E-state index >= 15 is 0 Å². The van der Waals surface area contributed by atoms with Crippen LogP contribution in [-0.4, -0.2) is 13.2 Å². The molecular formula is C9H11F2NO. The van der Waals surface area contributed by atoms with Gasteiger partial charge in [-0.1, -0.05) is 18.2 Å². The van der Waals surface area contributed by atoms with Crippen molar-refractivity contribution in [3.63, 3.8) is 0 Å². The molecule has 0 aliphatic rings. The van der Waals surface area contributed by atoms with Gasteiger partial charge in [0.1, 0.15) is 0 Å². The van der Waals surface area contributed by atoms with Gasteiger partial charge in [0.2, 0.25) is 0 Å². The number of hydrogen-bond donors (Lipinski definition) is 1. The highest BCUT2D eigenvalue weighted by Gasteiger charge is 2.02. The predicted octanol–water partition coefficient (Wildman–Crippen LogP) is 2.05. The minimum Gasteiger partial charge on any atom is -0.399 e. The molecule has 0 spiro atoms. The van der Waals surface area contributed by atoms with Crippen molar-refractivity contribution in [3.8, 4) is 0 Å². The first kappa shape index (κ1) is 9.92. The molecule has 1 aromatic rings. The standard InChI is InChI=1S/C9H11F2NO/c10-9(11)13-6-5-7-3-1-2-4-8(7)12/h1-4,9H,5-6,12H2. The quantitative estimate of drug-likeness (QED) is 0.732. The molecule has 1 aromatic carbocycles. The molecule has 0 aromatic heterocycles. The van der Waals surface area contributed by atoms with Gasteiger partial charge in [-0.15, -0.1) is 0 Å². The first-order valence-corrected chi connectivity index (χ1v) is 3.93. The van der Waals surface area contributed by atoms with Gasteiger partial charge in [0.25, 0.3) is 0 Å². The largest absolute Gasteiger partial charge is 0.399 e. The summed E-state index contributed by atoms with van der Waals surface area (Å²) in [6, 6.07) is 7.14. The Labute approximate surface area is 75.3 Å². The Hall–Kier alpha value is -1.16. The lowest BCUT2D eigenvalue weighted by Gasteiger charge is -2.05. The molecule has 2 nitrogen and oxygen atoms in total. The average Bonchev–Trinajstić information content (AvgIpc) is 2.08. The second kappa shape index (κ2) is 4.77. The summed E-state index contributed by atoms with van der Waals surface area (Å²) in [5.74, 6) is 0. The van der Waals surface area contributed by atoms with Crippen LogP contribution in [0.4, 0.5) is 14.5 Å². The molecule has 0 unspecified atom stereocenters. The zero-order chi connectivity index (χ0) is 9.68. The van der Waals surface area contributed by atoms with E-state index in [-0.39, 0.29) is 6.61 Å². The average molecular weight is 187 g/mol. The lowest BCUT2D eigenvalue weighted by molar-refractivity contribution is -0.127. The van der Waals surface area contributed by atoms with Crippen LogP contribution in [0.5, 0.6) is 0 Å². The van der Waals surface area contributed by atoms with E-state index in [1.165, 1.54) is 0 Å². The van der Waals surface area contributed by atoms with Crippen molar-refractivity contribution in [2.45, 2.75) is 13.0 Å². The highest BCUT2D eigenvalue weighted by atomic mass is 19.3. The van der Waals surface area contributed by atoms with Crippen LogP contribution in [0, 0.1) is 0 Å². The third-order valence-corrected chi connectivity index (χ3v) is 1.67. The molecule has 0 saturated carbocycles. The number of anilines is 1. The highest BCUT2D eigenvalue weighted by molar-refractivity contribution is 5.46. The normalized spacial score (nSPS) is 10.7. The molecule has 0 heterocycles. The van der Waals surface area contributed by atoms with Crippen LogP contribution in [0.25, 0.3) is 0 Å². The summed E-state index contributed by atoms with van der Waals surface area (Å²) in [6.07, 6.45) is 0.414. The maximum atomic E-state index is 11.6. The minimum absolute atomic E-state index is 0.00806. The Morgan fingerprint density at radius 1 is 1.31 bits per heavy atom. The van der Waals surface area contributed by atoms with E-state index in [1.54, 1.807) is 18.2 Å². The topological polar surface area (TPSA) is 35.2 Å². The van der Waals surface area contributed by atoms with Crippen LogP contribution < -0.4 is 5.73 Å². The number of halogens is 2. The smallest absolute Gasteiger partial charge is 0.345 e. The molecule has 0 saturated heterocycles. The first-order chi connectivity index (χ1) is 6.20. The van der Waals surface area contributed by atoms with Gasteiger partial charge in [0.15, 0.2) is 0 Å². The number of nitrogens with two attached hydrogens (primary N) is 1. The zero-order valence-corrected chi connectivity index (χ0v) is 7.04. The predicted molar refractivity (Wildman–Crippen MR) is 46.5 cm³/mol. The van der Waals surface area contributed by atoms with Crippen LogP contribution in [0.1, 0.15) is 5.56 Å². The third kappa shape index (κ3) is 3.38. The number of para-hydroxylation sites is 1. The Bertz CT molecular complexity index is 266. The SMILES string of the molecule is Nc1ccccc1CCOC(F)F. The molecule has 0 aliphatic heterocycles. The molecule has 13 heavy (non-hydrogen) atoms. The van der Waals surface area contributed by atoms with Crippen molar-refractivity contribution in [1.82, 2.24) is 0 Å². The van der Waals surface area contributed by atoms with Crippen LogP contribution >= 0.6 is 0 Å². The fourth-order valence-corrected chi connectivity index (χ4v) is 1.02. The summed E-state index contributed by atoms with van der Waals surface area (Å²) in [4.78, 5) is 0. The maximum absolute atomic E-state index is 11.6. The Balaban J connectivity index is 2.41. The van der Waals surface area contributed by atoms with E-state index in [0.29, 0.717) is 12.1 Å². The van der Waals surface area contributed by atoms with E-state index in [1.807, 2.05) is 6.07 Å². The van der Waals surface area contributed by atoms with Crippen molar-refractivity contribution in [1.29, 1.82) is 0 Å². The minimum atomic E-state index is -2.70. The Morgan fingerprint density at radius 3 is 2.62 bits per heavy atom. The molecule has 2 N–H and O–H groups in total. The molecule has 0 atom stereocenters. The highest BCUT2D eigenvalue weighted by Crippen LogP contribution is 2.11. The number of rotatable bonds is 4. The van der Waals surface area contributed by atoms with Crippen LogP contribution in [-0.2, 0) is 11.2 Å². The summed E-state index contributed by atoms with van der Waals surface area (Å²) in [5.41, 5.74) is 7.04. The van der Waals surface area contributed by atoms with Crippen molar-refractivity contribution in [3.05, 3.63) is 29.8 Å². The van der Waals surface area contributed by atoms with Crippen molar-refractivity contribution < 1.29 is 13.5 Å². The van der Waals surface area contributed by atoms with E-state index in [2.05, 4.69) is 4.74 Å². The molecule has 0 fully saturated rings. The van der Waals surface area contributed by atoms with E-state index < -0.39 is 6.61 Å². The first-order valence-electron chi connectivity index (χ1n) is 3.93. The van der Waals surface area contributed by atoms with Gasteiger partial charge in [-0.05, 0) is 18.1 Å². The molecular weight excluding hydrogens is 176 g/mol. The van der Waals surface area contributed by atoms with E-state index in [4.69, 9.17) is 5.73 Å². The van der Waals surface area contributed by atoms with Crippen LogP contribution in [0.15, 0.2) is 24.3 Å². The number of benzene rings is 1. The van der Waals surface area contributed by atoms with Crippen molar-refractivity contribution in [2.75, 3.05) is 12.3 Å². The summed E-state index contributed by atoms with van der Waals surface area (Å²) < 4.78 is 27.3. The summed E-state index contributed by atoms with van der Waals surface area (Å²) >= 11 is 0. The van der Waals surface area contributed by atoms with Crippen LogP contribution in [0.2, 0.25) is 0 Å². The monoisotopic (exact) mass is 187 g/mol. The summed E-state index contributed by atoms with van der Waals surface area (Å²) in [7, 11) is 0. The molecule has 0 aliphatic carbocycles. The summed E-state index contributed by atoms with van der Waals surface area (Å²) in [6.45, 7) is -2.71. The fraction of sp³-hybridized carbons (Fsp3) is 0.333. The number of nitrogen functional groups attached to an aromatic ring is 1. The number of alkyl halides is 2. The van der Waals surface area contributed by atoms with Crippen molar-refractivity contribution >= 4 is 5.69 Å². The third-order valence-electron chi connectivity index (χ3n) is 1.67. The molecule has 72 valence electrons. The second-order valence-corrected chi connectivity index (χ2v) is 2.58. The molecule has 0 amide bonds. The van der Waals surface area contributed by atoms with Gasteiger partial charge in [0, 0.05) is 5.69 Å². The lowest BCUT2D eigenvalue weighted by atomic mass is 10.1. The Kier molecular flexibility index (Phi) is 3.64. The van der Waals surface area contributed by atoms with Gasteiger partial charge in [0.05, 0.1) is 6.61 Å².